The second kappa shape index (κ2) is 13.7. The number of hydrogen-bond donors (Lipinski definition) is 0. The van der Waals surface area contributed by atoms with Crippen molar-refractivity contribution in [3.05, 3.63) is 224 Å². The van der Waals surface area contributed by atoms with E-state index in [9.17, 15) is 5.26 Å². The van der Waals surface area contributed by atoms with Crippen LogP contribution in [0.25, 0.3) is 116 Å². The van der Waals surface area contributed by atoms with E-state index in [0.717, 1.165) is 66.4 Å². The predicted octanol–water partition coefficient (Wildman–Crippen LogP) is 15.3. The molecule has 0 spiro atoms. The highest BCUT2D eigenvalue weighted by atomic mass is 15.0. The second-order valence-corrected chi connectivity index (χ2v) is 16.5. The molecule has 0 saturated heterocycles. The molecule has 0 amide bonds. The largest absolute Gasteiger partial charge is 0.309 e. The number of nitriles is 1. The molecule has 0 aliphatic rings. The number of rotatable bonds is 5. The van der Waals surface area contributed by atoms with Crippen molar-refractivity contribution in [1.29, 1.82) is 5.26 Å². The number of benzene rings is 10. The van der Waals surface area contributed by atoms with Crippen molar-refractivity contribution in [2.75, 3.05) is 0 Å². The van der Waals surface area contributed by atoms with Gasteiger partial charge < -0.3 is 13.7 Å². The van der Waals surface area contributed by atoms with Crippen molar-refractivity contribution >= 4 is 76.2 Å². The molecule has 0 unspecified atom stereocenters. The van der Waals surface area contributed by atoms with Gasteiger partial charge in [-0.15, -0.1) is 0 Å². The fourth-order valence-corrected chi connectivity index (χ4v) is 10.2. The summed E-state index contributed by atoms with van der Waals surface area (Å²) in [6, 6.07) is 80.9. The zero-order valence-corrected chi connectivity index (χ0v) is 34.1. The standard InChI is InChI=1S/C59H36N4/c60-37-38-31-45(62-55-27-24-42(39-13-3-1-4-14-39)33-50(55)51-34-43(25-28-56(51)62)40-15-5-2-6-16-40)35-46(32-38)63-57-30-26-44(36-52(57)59-47-18-8-7-17-41(47)23-29-58(59)63)61-53-21-11-9-19-48(53)49-20-10-12-22-54(49)61/h1-36H. The van der Waals surface area contributed by atoms with Crippen LogP contribution in [0, 0.1) is 11.3 Å². The van der Waals surface area contributed by atoms with Gasteiger partial charge in [0.05, 0.1) is 44.7 Å². The summed E-state index contributed by atoms with van der Waals surface area (Å²) < 4.78 is 7.08. The average Bonchev–Trinajstić information content (AvgIpc) is 3.99. The maximum Gasteiger partial charge on any atom is 0.0993 e. The van der Waals surface area contributed by atoms with Gasteiger partial charge in [-0.2, -0.15) is 5.26 Å². The van der Waals surface area contributed by atoms with Crippen LogP contribution in [0.3, 0.4) is 0 Å². The average molecular weight is 801 g/mol. The van der Waals surface area contributed by atoms with E-state index < -0.39 is 0 Å². The van der Waals surface area contributed by atoms with Crippen LogP contribution in [0.1, 0.15) is 5.56 Å². The molecule has 10 aromatic carbocycles. The monoisotopic (exact) mass is 800 g/mol. The van der Waals surface area contributed by atoms with Crippen molar-refractivity contribution in [1.82, 2.24) is 13.7 Å². The molecular weight excluding hydrogens is 765 g/mol. The summed E-state index contributed by atoms with van der Waals surface area (Å²) in [5, 5.41) is 20.3. The Balaban J connectivity index is 1.08. The van der Waals surface area contributed by atoms with Gasteiger partial charge in [0.2, 0.25) is 0 Å². The van der Waals surface area contributed by atoms with E-state index >= 15 is 0 Å². The number of fused-ring (bicyclic) bond motifs is 11. The molecule has 0 radical (unpaired) electrons. The molecule has 0 fully saturated rings. The van der Waals surface area contributed by atoms with E-state index in [1.165, 1.54) is 49.1 Å². The zero-order chi connectivity index (χ0) is 41.6. The van der Waals surface area contributed by atoms with Gasteiger partial charge in [-0.3, -0.25) is 0 Å². The lowest BCUT2D eigenvalue weighted by Gasteiger charge is -2.14. The highest BCUT2D eigenvalue weighted by Crippen LogP contribution is 2.42. The summed E-state index contributed by atoms with van der Waals surface area (Å²) in [5.74, 6) is 0. The summed E-state index contributed by atoms with van der Waals surface area (Å²) >= 11 is 0. The van der Waals surface area contributed by atoms with Gasteiger partial charge in [-0.25, -0.2) is 0 Å². The Morgan fingerprint density at radius 1 is 0.286 bits per heavy atom. The third kappa shape index (κ3) is 5.34. The third-order valence-corrected chi connectivity index (χ3v) is 13.0. The fourth-order valence-electron chi connectivity index (χ4n) is 10.2. The molecule has 13 rings (SSSR count). The summed E-state index contributed by atoms with van der Waals surface area (Å²) in [6.45, 7) is 0. The van der Waals surface area contributed by atoms with Crippen LogP contribution in [0.15, 0.2) is 218 Å². The minimum atomic E-state index is 0.594. The minimum Gasteiger partial charge on any atom is -0.309 e. The fraction of sp³-hybridized carbons (Fsp3) is 0. The van der Waals surface area contributed by atoms with Crippen LogP contribution < -0.4 is 0 Å². The molecule has 63 heavy (non-hydrogen) atoms. The van der Waals surface area contributed by atoms with Crippen LogP contribution in [-0.2, 0) is 0 Å². The lowest BCUT2D eigenvalue weighted by atomic mass is 10.0. The molecule has 0 bridgehead atoms. The number of hydrogen-bond acceptors (Lipinski definition) is 1. The highest BCUT2D eigenvalue weighted by Gasteiger charge is 2.21. The summed E-state index contributed by atoms with van der Waals surface area (Å²) in [4.78, 5) is 0. The number of nitrogens with zero attached hydrogens (tertiary/aromatic N) is 4. The van der Waals surface area contributed by atoms with E-state index in [1.54, 1.807) is 0 Å². The molecule has 3 heterocycles. The van der Waals surface area contributed by atoms with Crippen molar-refractivity contribution in [3.63, 3.8) is 0 Å². The SMILES string of the molecule is N#Cc1cc(-n2c3ccc(-c4ccccc4)cc3c3cc(-c4ccccc4)ccc32)cc(-n2c3ccc(-n4c5ccccc5c5ccccc54)cc3c3c4ccccc4ccc32)c1. The topological polar surface area (TPSA) is 38.6 Å². The van der Waals surface area contributed by atoms with E-state index in [4.69, 9.17) is 0 Å². The van der Waals surface area contributed by atoms with Crippen molar-refractivity contribution in [2.45, 2.75) is 0 Å². The first-order chi connectivity index (χ1) is 31.2. The zero-order valence-electron chi connectivity index (χ0n) is 34.1. The summed E-state index contributed by atoms with van der Waals surface area (Å²) in [5.41, 5.74) is 14.9. The highest BCUT2D eigenvalue weighted by molar-refractivity contribution is 6.22. The Morgan fingerprint density at radius 2 is 0.746 bits per heavy atom. The van der Waals surface area contributed by atoms with Crippen molar-refractivity contribution in [2.24, 2.45) is 0 Å². The Hall–Kier alpha value is -8.65. The first-order valence-corrected chi connectivity index (χ1v) is 21.4. The third-order valence-electron chi connectivity index (χ3n) is 13.0. The first kappa shape index (κ1) is 35.1. The molecule has 0 saturated carbocycles. The van der Waals surface area contributed by atoms with Gasteiger partial charge >= 0.3 is 0 Å². The molecule has 4 heteroatoms. The smallest absolute Gasteiger partial charge is 0.0993 e. The minimum absolute atomic E-state index is 0.594. The molecule has 3 aromatic heterocycles. The van der Waals surface area contributed by atoms with Crippen molar-refractivity contribution < 1.29 is 0 Å². The van der Waals surface area contributed by atoms with Gasteiger partial charge in [0.15, 0.2) is 0 Å². The quantitative estimate of drug-likeness (QED) is 0.171. The predicted molar refractivity (Wildman–Crippen MR) is 263 cm³/mol. The van der Waals surface area contributed by atoms with Crippen LogP contribution in [0.5, 0.6) is 0 Å². The van der Waals surface area contributed by atoms with Crippen molar-refractivity contribution in [3.8, 4) is 45.4 Å². The van der Waals surface area contributed by atoms with Gasteiger partial charge in [0.1, 0.15) is 0 Å². The number of para-hydroxylation sites is 2. The van der Waals surface area contributed by atoms with Crippen LogP contribution in [0.4, 0.5) is 0 Å². The van der Waals surface area contributed by atoms with Gasteiger partial charge in [-0.1, -0.05) is 140 Å². The molecular formula is C59H36N4. The summed E-state index contributed by atoms with van der Waals surface area (Å²) in [6.07, 6.45) is 0. The Bertz CT molecular complexity index is 3880. The summed E-state index contributed by atoms with van der Waals surface area (Å²) in [7, 11) is 0. The lowest BCUT2D eigenvalue weighted by molar-refractivity contribution is 1.13. The Kier molecular flexibility index (Phi) is 7.63. The maximum absolute atomic E-state index is 10.7. The van der Waals surface area contributed by atoms with E-state index in [0.29, 0.717) is 5.56 Å². The van der Waals surface area contributed by atoms with E-state index in [2.05, 4.69) is 226 Å². The van der Waals surface area contributed by atoms with Crippen LogP contribution in [-0.4, -0.2) is 13.7 Å². The van der Waals surface area contributed by atoms with Crippen LogP contribution in [0.2, 0.25) is 0 Å². The maximum atomic E-state index is 10.7. The molecule has 0 N–H and O–H groups in total. The van der Waals surface area contributed by atoms with Gasteiger partial charge in [-0.05, 0) is 112 Å². The number of aromatic nitrogens is 3. The first-order valence-electron chi connectivity index (χ1n) is 21.4. The Labute approximate surface area is 363 Å². The molecule has 0 aliphatic carbocycles. The molecule has 292 valence electrons. The van der Waals surface area contributed by atoms with Gasteiger partial charge in [0, 0.05) is 49.4 Å². The van der Waals surface area contributed by atoms with Gasteiger partial charge in [0.25, 0.3) is 0 Å². The van der Waals surface area contributed by atoms with Crippen LogP contribution >= 0.6 is 0 Å². The molecule has 0 atom stereocenters. The Morgan fingerprint density at radius 3 is 1.35 bits per heavy atom. The normalized spacial score (nSPS) is 11.8. The molecule has 4 nitrogen and oxygen atoms in total. The molecule has 0 aliphatic heterocycles. The second-order valence-electron chi connectivity index (χ2n) is 16.5. The van der Waals surface area contributed by atoms with E-state index in [-0.39, 0.29) is 0 Å². The molecule has 13 aromatic rings. The lowest BCUT2D eigenvalue weighted by Crippen LogP contribution is -2.00. The van der Waals surface area contributed by atoms with E-state index in [1.807, 2.05) is 12.1 Å².